The molecule has 27 heavy (non-hydrogen) atoms. The van der Waals surface area contributed by atoms with E-state index in [0.717, 1.165) is 0 Å². The molecule has 8 nitrogen and oxygen atoms in total. The van der Waals surface area contributed by atoms with E-state index < -0.39 is 12.1 Å². The average Bonchev–Trinajstić information content (AvgIpc) is 3.31. The summed E-state index contributed by atoms with van der Waals surface area (Å²) in [5.74, 6) is -1.91. The van der Waals surface area contributed by atoms with Crippen molar-refractivity contribution in [2.75, 3.05) is 0 Å². The van der Waals surface area contributed by atoms with Gasteiger partial charge in [0.05, 0.1) is 0 Å². The quantitative estimate of drug-likeness (QED) is 0.706. The van der Waals surface area contributed by atoms with Crippen LogP contribution in [0.25, 0.3) is 11.4 Å². The molecule has 0 aliphatic carbocycles. The van der Waals surface area contributed by atoms with Crippen molar-refractivity contribution < 1.29 is 22.5 Å². The Balaban J connectivity index is 1.59. The van der Waals surface area contributed by atoms with E-state index in [1.807, 2.05) is 6.92 Å². The second kappa shape index (κ2) is 7.56. The van der Waals surface area contributed by atoms with Crippen LogP contribution in [-0.2, 0) is 12.7 Å². The lowest BCUT2D eigenvalue weighted by atomic mass is 10.1. The largest absolute Gasteiger partial charge is 0.471 e. The molecule has 11 heteroatoms. The molecule has 1 atom stereocenters. The number of hydrogen-bond acceptors (Lipinski definition) is 6. The second-order valence-electron chi connectivity index (χ2n) is 5.82. The zero-order chi connectivity index (χ0) is 19.4. The summed E-state index contributed by atoms with van der Waals surface area (Å²) in [4.78, 5) is 19.4. The topological polar surface area (TPSA) is 98.7 Å². The van der Waals surface area contributed by atoms with Crippen molar-refractivity contribution >= 4 is 5.91 Å². The van der Waals surface area contributed by atoms with Crippen LogP contribution < -0.4 is 5.32 Å². The van der Waals surface area contributed by atoms with Gasteiger partial charge in [0.1, 0.15) is 12.7 Å². The van der Waals surface area contributed by atoms with E-state index in [2.05, 4.69) is 30.1 Å². The second-order valence-corrected chi connectivity index (χ2v) is 5.82. The fourth-order valence-corrected chi connectivity index (χ4v) is 2.28. The lowest BCUT2D eigenvalue weighted by Gasteiger charge is -2.13. The fourth-order valence-electron chi connectivity index (χ4n) is 2.28. The number of alkyl halides is 3. The minimum atomic E-state index is -4.70. The number of nitrogens with one attached hydrogen (secondary N) is 1. The number of aryl methyl sites for hydroxylation is 1. The molecule has 1 aromatic carbocycles. The van der Waals surface area contributed by atoms with Crippen molar-refractivity contribution in [3.05, 3.63) is 48.4 Å². The van der Waals surface area contributed by atoms with Crippen molar-refractivity contribution in [1.82, 2.24) is 30.2 Å². The van der Waals surface area contributed by atoms with E-state index in [1.165, 1.54) is 30.6 Å². The molecule has 0 spiro atoms. The van der Waals surface area contributed by atoms with Gasteiger partial charge < -0.3 is 9.84 Å². The fraction of sp³-hybridized carbons (Fsp3) is 0.312. The minimum Gasteiger partial charge on any atom is -0.350 e. The van der Waals surface area contributed by atoms with Crippen LogP contribution in [0.1, 0.15) is 29.6 Å². The van der Waals surface area contributed by atoms with E-state index in [0.29, 0.717) is 24.1 Å². The standard InChI is InChI=1S/C16H15F3N6O2/c1-10(6-7-25-9-20-8-21-25)22-14(26)12-4-2-11(3-5-12)13-23-15(27-24-13)16(17,18)19/h2-5,8-10H,6-7H2,1H3,(H,22,26)/t10-/m1/s1. The van der Waals surface area contributed by atoms with E-state index in [-0.39, 0.29) is 17.8 Å². The Morgan fingerprint density at radius 2 is 2.04 bits per heavy atom. The number of amides is 1. The molecule has 0 radical (unpaired) electrons. The highest BCUT2D eigenvalue weighted by molar-refractivity contribution is 5.94. The number of benzene rings is 1. The lowest BCUT2D eigenvalue weighted by Crippen LogP contribution is -2.33. The van der Waals surface area contributed by atoms with E-state index in [1.54, 1.807) is 11.0 Å². The number of halogens is 3. The molecule has 142 valence electrons. The Hall–Kier alpha value is -3.24. The zero-order valence-electron chi connectivity index (χ0n) is 14.1. The first-order chi connectivity index (χ1) is 12.8. The Morgan fingerprint density at radius 1 is 1.30 bits per heavy atom. The summed E-state index contributed by atoms with van der Waals surface area (Å²) in [6.45, 7) is 2.47. The van der Waals surface area contributed by atoms with Gasteiger partial charge in [-0.2, -0.15) is 23.3 Å². The molecule has 3 rings (SSSR count). The van der Waals surface area contributed by atoms with Crippen LogP contribution in [0.3, 0.4) is 0 Å². The molecule has 1 N–H and O–H groups in total. The summed E-state index contributed by atoms with van der Waals surface area (Å²) < 4.78 is 43.4. The molecule has 2 heterocycles. The molecule has 0 aliphatic rings. The molecule has 0 bridgehead atoms. The molecule has 2 aromatic heterocycles. The van der Waals surface area contributed by atoms with Crippen LogP contribution >= 0.6 is 0 Å². The predicted molar refractivity (Wildman–Crippen MR) is 86.3 cm³/mol. The minimum absolute atomic E-state index is 0.104. The Morgan fingerprint density at radius 3 is 2.63 bits per heavy atom. The van der Waals surface area contributed by atoms with Crippen LogP contribution in [0.5, 0.6) is 0 Å². The predicted octanol–water partition coefficient (Wildman–Crippen LogP) is 2.56. The normalized spacial score (nSPS) is 12.7. The smallest absolute Gasteiger partial charge is 0.350 e. The molecule has 3 aromatic rings. The first-order valence-corrected chi connectivity index (χ1v) is 7.97. The summed E-state index contributed by atoms with van der Waals surface area (Å²) in [5, 5.41) is 10.1. The summed E-state index contributed by atoms with van der Waals surface area (Å²) in [5.41, 5.74) is 0.677. The first-order valence-electron chi connectivity index (χ1n) is 7.97. The summed E-state index contributed by atoms with van der Waals surface area (Å²) >= 11 is 0. The van der Waals surface area contributed by atoms with Gasteiger partial charge in [0, 0.05) is 23.7 Å². The number of carbonyl (C=O) groups excluding carboxylic acids is 1. The van der Waals surface area contributed by atoms with Crippen molar-refractivity contribution in [1.29, 1.82) is 0 Å². The Labute approximate surface area is 151 Å². The monoisotopic (exact) mass is 380 g/mol. The molecule has 0 fully saturated rings. The number of hydrogen-bond donors (Lipinski definition) is 1. The SMILES string of the molecule is C[C@H](CCn1cncn1)NC(=O)c1ccc(-c2noc(C(F)(F)F)n2)cc1. The van der Waals surface area contributed by atoms with Crippen LogP contribution in [0.4, 0.5) is 13.2 Å². The lowest BCUT2D eigenvalue weighted by molar-refractivity contribution is -0.159. The van der Waals surface area contributed by atoms with Crippen molar-refractivity contribution in [2.24, 2.45) is 0 Å². The maximum absolute atomic E-state index is 12.5. The number of nitrogens with zero attached hydrogens (tertiary/aromatic N) is 5. The van der Waals surface area contributed by atoms with Crippen LogP contribution in [0.15, 0.2) is 41.4 Å². The highest BCUT2D eigenvalue weighted by atomic mass is 19.4. The molecule has 0 saturated heterocycles. The van der Waals surface area contributed by atoms with Gasteiger partial charge in [-0.05, 0) is 25.5 Å². The third-order valence-corrected chi connectivity index (χ3v) is 3.71. The van der Waals surface area contributed by atoms with Gasteiger partial charge in [-0.25, -0.2) is 4.98 Å². The summed E-state index contributed by atoms with van der Waals surface area (Å²) in [7, 11) is 0. The van der Waals surface area contributed by atoms with E-state index in [9.17, 15) is 18.0 Å². The van der Waals surface area contributed by atoms with Gasteiger partial charge >= 0.3 is 12.1 Å². The molecule has 1 amide bonds. The third-order valence-electron chi connectivity index (χ3n) is 3.71. The Kier molecular flexibility index (Phi) is 5.19. The molecule has 0 saturated carbocycles. The number of carbonyl (C=O) groups is 1. The van der Waals surface area contributed by atoms with Crippen LogP contribution in [0, 0.1) is 0 Å². The van der Waals surface area contributed by atoms with Gasteiger partial charge in [-0.1, -0.05) is 17.3 Å². The summed E-state index contributed by atoms with van der Waals surface area (Å²) in [6.07, 6.45) is -1.01. The zero-order valence-corrected chi connectivity index (χ0v) is 14.1. The van der Waals surface area contributed by atoms with Gasteiger partial charge in [-0.3, -0.25) is 9.48 Å². The molecular weight excluding hydrogens is 365 g/mol. The van der Waals surface area contributed by atoms with Crippen molar-refractivity contribution in [3.8, 4) is 11.4 Å². The van der Waals surface area contributed by atoms with Gasteiger partial charge in [0.15, 0.2) is 0 Å². The third kappa shape index (κ3) is 4.68. The highest BCUT2D eigenvalue weighted by Gasteiger charge is 2.38. The van der Waals surface area contributed by atoms with Gasteiger partial charge in [-0.15, -0.1) is 0 Å². The molecule has 0 unspecified atom stereocenters. The van der Waals surface area contributed by atoms with E-state index in [4.69, 9.17) is 0 Å². The van der Waals surface area contributed by atoms with Crippen molar-refractivity contribution in [3.63, 3.8) is 0 Å². The van der Waals surface area contributed by atoms with Crippen LogP contribution in [0.2, 0.25) is 0 Å². The summed E-state index contributed by atoms with van der Waals surface area (Å²) in [6, 6.07) is 5.78. The molecular formula is C16H15F3N6O2. The highest BCUT2D eigenvalue weighted by Crippen LogP contribution is 2.29. The number of rotatable bonds is 6. The molecule has 0 aliphatic heterocycles. The maximum Gasteiger partial charge on any atom is 0.471 e. The first kappa shape index (κ1) is 18.5. The van der Waals surface area contributed by atoms with Gasteiger partial charge in [0.2, 0.25) is 5.82 Å². The number of aromatic nitrogens is 5. The van der Waals surface area contributed by atoms with Crippen molar-refractivity contribution in [2.45, 2.75) is 32.1 Å². The van der Waals surface area contributed by atoms with Gasteiger partial charge in [0.25, 0.3) is 5.91 Å². The average molecular weight is 380 g/mol. The Bertz CT molecular complexity index is 890. The van der Waals surface area contributed by atoms with Crippen LogP contribution in [-0.4, -0.2) is 36.9 Å². The van der Waals surface area contributed by atoms with E-state index >= 15 is 0 Å². The maximum atomic E-state index is 12.5.